The van der Waals surface area contributed by atoms with E-state index < -0.39 is 0 Å². The molecule has 0 spiro atoms. The van der Waals surface area contributed by atoms with Crippen LogP contribution in [0.3, 0.4) is 0 Å². The molecule has 0 fully saturated rings. The zero-order valence-electron chi connectivity index (χ0n) is 4.91. The van der Waals surface area contributed by atoms with Crippen LogP contribution in [0.25, 0.3) is 0 Å². The normalized spacial score (nSPS) is 10.0. The van der Waals surface area contributed by atoms with E-state index in [0.29, 0.717) is 0 Å². The van der Waals surface area contributed by atoms with Gasteiger partial charge >= 0.3 is 0 Å². The zero-order valence-corrected chi connectivity index (χ0v) is 8.95. The summed E-state index contributed by atoms with van der Waals surface area (Å²) in [5.41, 5.74) is 0.250. The van der Waals surface area contributed by atoms with Gasteiger partial charge in [0.2, 0.25) is 0 Å². The van der Waals surface area contributed by atoms with Crippen molar-refractivity contribution in [1.29, 1.82) is 0 Å². The van der Waals surface area contributed by atoms with Gasteiger partial charge in [-0.15, -0.1) is 0 Å². The quantitative estimate of drug-likeness (QED) is 0.397. The van der Waals surface area contributed by atoms with Gasteiger partial charge in [-0.3, -0.25) is 0 Å². The molecule has 6 heavy (non-hydrogen) atoms. The van der Waals surface area contributed by atoms with E-state index in [1.54, 1.807) is 0 Å². The van der Waals surface area contributed by atoms with E-state index in [-0.39, 0.29) is 32.7 Å². The van der Waals surface area contributed by atoms with Crippen molar-refractivity contribution in [2.24, 2.45) is 5.41 Å². The van der Waals surface area contributed by atoms with Crippen molar-refractivity contribution in [3.8, 4) is 0 Å². The van der Waals surface area contributed by atoms with Crippen molar-refractivity contribution in [3.05, 3.63) is 6.92 Å². The minimum atomic E-state index is 0. The molecule has 0 aromatic carbocycles. The maximum absolute atomic E-state index is 3.77. The van der Waals surface area contributed by atoms with Crippen LogP contribution in [0.1, 0.15) is 20.8 Å². The van der Waals surface area contributed by atoms with E-state index in [1.807, 2.05) is 0 Å². The summed E-state index contributed by atoms with van der Waals surface area (Å²) in [6.07, 6.45) is 0. The van der Waals surface area contributed by atoms with Crippen LogP contribution in [0.2, 0.25) is 0 Å². The Balaban J connectivity index is 0. The molecule has 0 aliphatic heterocycles. The fourth-order valence-electron chi connectivity index (χ4n) is 0. The Hall–Kier alpha value is 0.922. The third-order valence-electron chi connectivity index (χ3n) is 0. The predicted molar refractivity (Wildman–Crippen MR) is 24.8 cm³/mol. The third-order valence-corrected chi connectivity index (χ3v) is 0. The molecule has 0 aromatic rings. The van der Waals surface area contributed by atoms with Crippen molar-refractivity contribution in [1.82, 2.24) is 0 Å². The smallest absolute Gasteiger partial charge is 0 e. The van der Waals surface area contributed by atoms with Crippen LogP contribution in [0.4, 0.5) is 0 Å². The zero-order chi connectivity index (χ0) is 4.50. The molecule has 34 valence electrons. The molecule has 0 saturated carbocycles. The van der Waals surface area contributed by atoms with E-state index in [4.69, 9.17) is 0 Å². The maximum atomic E-state index is 3.77. The molecule has 0 aromatic heterocycles. The van der Waals surface area contributed by atoms with E-state index in [1.165, 1.54) is 0 Å². The monoisotopic (exact) mass is 185 g/mol. The topological polar surface area (TPSA) is 0 Å². The number of rotatable bonds is 0. The van der Waals surface area contributed by atoms with E-state index >= 15 is 0 Å². The second-order valence-electron chi connectivity index (χ2n) is 2.56. The first-order valence-corrected chi connectivity index (χ1v) is 1.85. The molecule has 0 unspecified atom stereocenters. The summed E-state index contributed by atoms with van der Waals surface area (Å²) in [5, 5.41) is 0. The summed E-state index contributed by atoms with van der Waals surface area (Å²) in [6, 6.07) is 0. The first kappa shape index (κ1) is 10.0. The molecule has 0 aliphatic carbocycles. The minimum absolute atomic E-state index is 0. The summed E-state index contributed by atoms with van der Waals surface area (Å²) < 4.78 is 0. The van der Waals surface area contributed by atoms with Gasteiger partial charge in [0.25, 0.3) is 0 Å². The molecular weight excluding hydrogens is 172 g/mol. The first-order chi connectivity index (χ1) is 2.00. The van der Waals surface area contributed by atoms with Gasteiger partial charge in [-0.05, 0) is 0 Å². The predicted octanol–water partition coefficient (Wildman–Crippen LogP) is 1.86. The van der Waals surface area contributed by atoms with Crippen molar-refractivity contribution < 1.29 is 27.3 Å². The van der Waals surface area contributed by atoms with Gasteiger partial charge in [-0.2, -0.15) is 5.41 Å². The second-order valence-corrected chi connectivity index (χ2v) is 2.56. The molecule has 0 saturated heterocycles. The molecule has 0 amide bonds. The molecule has 0 N–H and O–H groups in total. The molecule has 0 radical (unpaired) electrons. The van der Waals surface area contributed by atoms with Crippen molar-refractivity contribution in [2.75, 3.05) is 0 Å². The number of hydrogen-bond donors (Lipinski definition) is 0. The summed E-state index contributed by atoms with van der Waals surface area (Å²) in [4.78, 5) is 0. The van der Waals surface area contributed by atoms with Gasteiger partial charge in [0.05, 0.1) is 0 Å². The van der Waals surface area contributed by atoms with E-state index in [0.717, 1.165) is 0 Å². The molecule has 0 aliphatic rings. The fraction of sp³-hybridized carbons (Fsp3) is 0.800. The molecule has 1 heteroatoms. The van der Waals surface area contributed by atoms with Gasteiger partial charge in [0.1, 0.15) is 0 Å². The number of hydrogen-bond acceptors (Lipinski definition) is 0. The Kier molecular flexibility index (Phi) is 5.00. The standard InChI is InChI=1S/C5H11.Cd/c1-5(2,3)4;/h1H2,2-4H3;/q-1;. The minimum Gasteiger partial charge on any atom is -0.338 e. The SMILES string of the molecule is [CH2-]C(C)(C)C.[Cd]. The molecule has 0 bridgehead atoms. The summed E-state index contributed by atoms with van der Waals surface area (Å²) in [5.74, 6) is 0. The van der Waals surface area contributed by atoms with Crippen molar-refractivity contribution in [3.63, 3.8) is 0 Å². The Morgan fingerprint density at radius 1 is 1.17 bits per heavy atom. The molecule has 0 rings (SSSR count). The van der Waals surface area contributed by atoms with Gasteiger partial charge < -0.3 is 6.92 Å². The average Bonchev–Trinajstić information content (AvgIpc) is 0.722. The molecular formula is C5H11Cd-. The molecule has 0 nitrogen and oxygen atoms in total. The van der Waals surface area contributed by atoms with Crippen molar-refractivity contribution >= 4 is 0 Å². The van der Waals surface area contributed by atoms with E-state index in [2.05, 4.69) is 27.7 Å². The maximum Gasteiger partial charge on any atom is 0 e. The van der Waals surface area contributed by atoms with Crippen LogP contribution in [0, 0.1) is 12.3 Å². The Morgan fingerprint density at radius 3 is 1.17 bits per heavy atom. The van der Waals surface area contributed by atoms with Crippen LogP contribution < -0.4 is 0 Å². The average molecular weight is 184 g/mol. The second kappa shape index (κ2) is 2.99. The van der Waals surface area contributed by atoms with Crippen LogP contribution in [0.5, 0.6) is 0 Å². The Morgan fingerprint density at radius 2 is 1.17 bits per heavy atom. The van der Waals surface area contributed by atoms with Gasteiger partial charge in [-0.25, -0.2) is 0 Å². The summed E-state index contributed by atoms with van der Waals surface area (Å²) in [6.45, 7) is 10.0. The molecule has 0 heterocycles. The van der Waals surface area contributed by atoms with Crippen LogP contribution >= 0.6 is 0 Å². The third kappa shape index (κ3) is 89.1. The summed E-state index contributed by atoms with van der Waals surface area (Å²) in [7, 11) is 0. The van der Waals surface area contributed by atoms with E-state index in [9.17, 15) is 0 Å². The van der Waals surface area contributed by atoms with Crippen LogP contribution in [-0.4, -0.2) is 0 Å². The van der Waals surface area contributed by atoms with Gasteiger partial charge in [-0.1, -0.05) is 20.8 Å². The first-order valence-electron chi connectivity index (χ1n) is 1.85. The van der Waals surface area contributed by atoms with Gasteiger partial charge in [0, 0.05) is 27.3 Å². The van der Waals surface area contributed by atoms with Crippen molar-refractivity contribution in [2.45, 2.75) is 20.8 Å². The summed E-state index contributed by atoms with van der Waals surface area (Å²) >= 11 is 0. The Bertz CT molecular complexity index is 19.4. The van der Waals surface area contributed by atoms with Crippen LogP contribution in [-0.2, 0) is 27.3 Å². The molecule has 0 atom stereocenters. The Labute approximate surface area is 60.5 Å². The fourth-order valence-corrected chi connectivity index (χ4v) is 0. The van der Waals surface area contributed by atoms with Gasteiger partial charge in [0.15, 0.2) is 0 Å². The van der Waals surface area contributed by atoms with Crippen LogP contribution in [0.15, 0.2) is 0 Å². The largest absolute Gasteiger partial charge is 0.338 e.